The van der Waals surface area contributed by atoms with Crippen LogP contribution in [0.25, 0.3) is 11.0 Å². The van der Waals surface area contributed by atoms with E-state index in [2.05, 4.69) is 74.5 Å². The number of nitrogen functional groups attached to an aromatic ring is 1. The molecular weight excluding hydrogens is 314 g/mol. The summed E-state index contributed by atoms with van der Waals surface area (Å²) in [6, 6.07) is 16.6. The van der Waals surface area contributed by atoms with Crippen molar-refractivity contribution < 1.29 is 4.57 Å². The minimum Gasteiger partial charge on any atom is -0.290 e. The van der Waals surface area contributed by atoms with Crippen molar-refractivity contribution in [3.05, 3.63) is 58.6 Å². The van der Waals surface area contributed by atoms with E-state index in [1.165, 1.54) is 16.6 Å². The molecule has 0 amide bonds. The van der Waals surface area contributed by atoms with Crippen LogP contribution < -0.4 is 10.3 Å². The maximum Gasteiger partial charge on any atom is 0.356 e. The first kappa shape index (κ1) is 13.2. The molecule has 0 atom stereocenters. The fraction of sp³-hybridized carbons (Fsp3) is 0.188. The van der Waals surface area contributed by atoms with Crippen molar-refractivity contribution in [1.82, 2.24) is 4.57 Å². The highest BCUT2D eigenvalue weighted by Gasteiger charge is 2.19. The number of imidazole rings is 1. The van der Waals surface area contributed by atoms with E-state index in [1.807, 2.05) is 6.07 Å². The Balaban J connectivity index is 2.17. The Bertz CT molecular complexity index is 762. The predicted molar refractivity (Wildman–Crippen MR) is 85.5 cm³/mol. The summed E-state index contributed by atoms with van der Waals surface area (Å²) in [6.45, 7) is 3.75. The standard InChI is InChI=1S/C16H16BrN3/c1-2-19-14-9-5-6-10-15(14)20(16(19)18)11-12-7-3-4-8-13(12)17/h3-10,18H,2,11H2,1H3/p+1. The van der Waals surface area contributed by atoms with E-state index in [-0.39, 0.29) is 0 Å². The molecule has 3 nitrogen and oxygen atoms in total. The van der Waals surface area contributed by atoms with Gasteiger partial charge >= 0.3 is 5.95 Å². The molecule has 0 radical (unpaired) electrons. The zero-order valence-electron chi connectivity index (χ0n) is 11.4. The smallest absolute Gasteiger partial charge is 0.290 e. The van der Waals surface area contributed by atoms with Gasteiger partial charge in [0, 0.05) is 10.0 Å². The Hall–Kier alpha value is -1.81. The second-order valence-electron chi connectivity index (χ2n) is 4.77. The number of aryl methyl sites for hydroxylation is 1. The fourth-order valence-electron chi connectivity index (χ4n) is 2.61. The van der Waals surface area contributed by atoms with Crippen LogP contribution in [-0.4, -0.2) is 4.57 Å². The monoisotopic (exact) mass is 330 g/mol. The highest BCUT2D eigenvalue weighted by atomic mass is 79.9. The Kier molecular flexibility index (Phi) is 3.49. The number of nitrogens with two attached hydrogens (primary N) is 1. The zero-order valence-corrected chi connectivity index (χ0v) is 13.0. The van der Waals surface area contributed by atoms with E-state index in [4.69, 9.17) is 5.73 Å². The van der Waals surface area contributed by atoms with Gasteiger partial charge in [-0.25, -0.2) is 9.13 Å². The van der Waals surface area contributed by atoms with Crippen LogP contribution in [0.5, 0.6) is 0 Å². The zero-order chi connectivity index (χ0) is 14.1. The third-order valence-electron chi connectivity index (χ3n) is 3.62. The molecule has 0 aliphatic carbocycles. The molecule has 0 aliphatic heterocycles. The molecule has 0 aliphatic rings. The van der Waals surface area contributed by atoms with Gasteiger partial charge in [-0.2, -0.15) is 0 Å². The molecular formula is C16H17BrN3+. The maximum absolute atomic E-state index is 6.34. The highest BCUT2D eigenvalue weighted by molar-refractivity contribution is 9.10. The number of rotatable bonds is 3. The molecule has 0 saturated carbocycles. The number of halogens is 1. The molecule has 0 fully saturated rings. The first-order valence-corrected chi connectivity index (χ1v) is 7.51. The summed E-state index contributed by atoms with van der Waals surface area (Å²) in [7, 11) is 0. The number of hydrogen-bond donors (Lipinski definition) is 1. The average Bonchev–Trinajstić information content (AvgIpc) is 2.74. The van der Waals surface area contributed by atoms with E-state index in [0.29, 0.717) is 0 Å². The Morgan fingerprint density at radius 2 is 1.80 bits per heavy atom. The summed E-state index contributed by atoms with van der Waals surface area (Å²) >= 11 is 3.61. The molecule has 0 spiro atoms. The van der Waals surface area contributed by atoms with Crippen LogP contribution in [0.4, 0.5) is 5.95 Å². The summed E-state index contributed by atoms with van der Waals surface area (Å²) in [6.07, 6.45) is 0. The van der Waals surface area contributed by atoms with E-state index in [1.54, 1.807) is 0 Å². The second-order valence-corrected chi connectivity index (χ2v) is 5.62. The lowest BCUT2D eigenvalue weighted by atomic mass is 10.2. The van der Waals surface area contributed by atoms with Gasteiger partial charge in [0.2, 0.25) is 0 Å². The molecule has 0 bridgehead atoms. The lowest BCUT2D eigenvalue weighted by Crippen LogP contribution is -2.37. The Morgan fingerprint density at radius 1 is 1.10 bits per heavy atom. The first-order valence-electron chi connectivity index (χ1n) is 6.72. The quantitative estimate of drug-likeness (QED) is 0.734. The molecule has 1 heterocycles. The van der Waals surface area contributed by atoms with Crippen LogP contribution in [0.15, 0.2) is 53.0 Å². The number of anilines is 1. The topological polar surface area (TPSA) is 34.8 Å². The summed E-state index contributed by atoms with van der Waals surface area (Å²) < 4.78 is 5.42. The van der Waals surface area contributed by atoms with Crippen LogP contribution in [0.3, 0.4) is 0 Å². The second kappa shape index (κ2) is 5.29. The molecule has 2 N–H and O–H groups in total. The summed E-state index contributed by atoms with van der Waals surface area (Å²) in [5.41, 5.74) is 9.91. The number of aromatic nitrogens is 2. The van der Waals surface area contributed by atoms with Crippen molar-refractivity contribution >= 4 is 32.9 Å². The van der Waals surface area contributed by atoms with Crippen LogP contribution in [-0.2, 0) is 13.1 Å². The third-order valence-corrected chi connectivity index (χ3v) is 4.39. The summed E-state index contributed by atoms with van der Waals surface area (Å²) in [5.74, 6) is 0.796. The summed E-state index contributed by atoms with van der Waals surface area (Å²) in [5, 5.41) is 0. The Morgan fingerprint density at radius 3 is 2.55 bits per heavy atom. The molecule has 20 heavy (non-hydrogen) atoms. The van der Waals surface area contributed by atoms with E-state index >= 15 is 0 Å². The maximum atomic E-state index is 6.34. The van der Waals surface area contributed by atoms with Gasteiger partial charge in [-0.05, 0) is 25.1 Å². The number of fused-ring (bicyclic) bond motifs is 1. The largest absolute Gasteiger partial charge is 0.356 e. The summed E-state index contributed by atoms with van der Waals surface area (Å²) in [4.78, 5) is 0. The first-order chi connectivity index (χ1) is 9.72. The van der Waals surface area contributed by atoms with Crippen molar-refractivity contribution in [2.24, 2.45) is 0 Å². The van der Waals surface area contributed by atoms with Gasteiger partial charge < -0.3 is 0 Å². The predicted octanol–water partition coefficient (Wildman–Crippen LogP) is 3.34. The minimum absolute atomic E-state index is 0.765. The third kappa shape index (κ3) is 2.10. The molecule has 4 heteroatoms. The van der Waals surface area contributed by atoms with Crippen molar-refractivity contribution in [1.29, 1.82) is 0 Å². The SMILES string of the molecule is CCn1c(N)[n+](Cc2ccccc2Br)c2ccccc21. The normalized spacial score (nSPS) is 11.1. The van der Waals surface area contributed by atoms with Crippen LogP contribution in [0.2, 0.25) is 0 Å². The van der Waals surface area contributed by atoms with Gasteiger partial charge in [0.25, 0.3) is 0 Å². The highest BCUT2D eigenvalue weighted by Crippen LogP contribution is 2.19. The molecule has 1 aromatic heterocycles. The minimum atomic E-state index is 0.765. The van der Waals surface area contributed by atoms with Gasteiger partial charge in [0.15, 0.2) is 0 Å². The van der Waals surface area contributed by atoms with Crippen LogP contribution in [0.1, 0.15) is 12.5 Å². The lowest BCUT2D eigenvalue weighted by molar-refractivity contribution is -0.648. The van der Waals surface area contributed by atoms with Gasteiger partial charge in [-0.1, -0.05) is 46.3 Å². The van der Waals surface area contributed by atoms with Gasteiger partial charge in [0.05, 0.1) is 13.1 Å². The van der Waals surface area contributed by atoms with E-state index in [0.717, 1.165) is 23.5 Å². The molecule has 3 rings (SSSR count). The van der Waals surface area contributed by atoms with Gasteiger partial charge in [0.1, 0.15) is 11.0 Å². The van der Waals surface area contributed by atoms with Crippen molar-refractivity contribution in [3.63, 3.8) is 0 Å². The number of benzene rings is 2. The van der Waals surface area contributed by atoms with E-state index in [9.17, 15) is 0 Å². The number of hydrogen-bond acceptors (Lipinski definition) is 1. The van der Waals surface area contributed by atoms with Crippen molar-refractivity contribution in [2.45, 2.75) is 20.0 Å². The number of para-hydroxylation sites is 2. The van der Waals surface area contributed by atoms with Crippen LogP contribution >= 0.6 is 15.9 Å². The van der Waals surface area contributed by atoms with Crippen LogP contribution in [0, 0.1) is 0 Å². The average molecular weight is 331 g/mol. The molecule has 0 saturated heterocycles. The lowest BCUT2D eigenvalue weighted by Gasteiger charge is -2.04. The van der Waals surface area contributed by atoms with E-state index < -0.39 is 0 Å². The molecule has 3 aromatic rings. The van der Waals surface area contributed by atoms with Crippen molar-refractivity contribution in [2.75, 3.05) is 5.73 Å². The van der Waals surface area contributed by atoms with Crippen molar-refractivity contribution in [3.8, 4) is 0 Å². The number of nitrogens with zero attached hydrogens (tertiary/aromatic N) is 2. The van der Waals surface area contributed by atoms with Gasteiger partial charge in [-0.3, -0.25) is 5.73 Å². The van der Waals surface area contributed by atoms with Gasteiger partial charge in [-0.15, -0.1) is 0 Å². The Labute approximate surface area is 126 Å². The molecule has 0 unspecified atom stereocenters. The molecule has 2 aromatic carbocycles. The fourth-order valence-corrected chi connectivity index (χ4v) is 3.02. The molecule has 102 valence electrons.